The number of carboxylic acid groups (broad SMARTS) is 1. The maximum atomic E-state index is 10.9. The highest BCUT2D eigenvalue weighted by atomic mass is 16.4. The molecule has 2 aromatic rings. The molecule has 0 spiro atoms. The van der Waals surface area contributed by atoms with Gasteiger partial charge in [0.15, 0.2) is 0 Å². The largest absolute Gasteiger partial charge is 0.480 e. The second kappa shape index (κ2) is 4.08. The Hall–Kier alpha value is -2.04. The van der Waals surface area contributed by atoms with Gasteiger partial charge in [0.25, 0.3) is 0 Å². The summed E-state index contributed by atoms with van der Waals surface area (Å²) >= 11 is 0. The molecule has 90 valence electrons. The SMILES string of the molecule is Cc1nc2ccc(N(C)C(C)C(=O)O)cc2[nH]1. The van der Waals surface area contributed by atoms with E-state index in [1.54, 1.807) is 18.9 Å². The normalized spacial score (nSPS) is 12.6. The number of aryl methyl sites for hydroxylation is 1. The van der Waals surface area contributed by atoms with E-state index in [9.17, 15) is 4.79 Å². The first-order valence-corrected chi connectivity index (χ1v) is 5.41. The van der Waals surface area contributed by atoms with E-state index in [2.05, 4.69) is 9.97 Å². The number of imidazole rings is 1. The lowest BCUT2D eigenvalue weighted by molar-refractivity contribution is -0.138. The third-order valence-corrected chi connectivity index (χ3v) is 2.93. The minimum atomic E-state index is -0.839. The van der Waals surface area contributed by atoms with E-state index in [1.165, 1.54) is 0 Å². The summed E-state index contributed by atoms with van der Waals surface area (Å²) in [6.45, 7) is 3.55. The quantitative estimate of drug-likeness (QED) is 0.847. The monoisotopic (exact) mass is 233 g/mol. The highest BCUT2D eigenvalue weighted by molar-refractivity contribution is 5.82. The molecule has 17 heavy (non-hydrogen) atoms. The van der Waals surface area contributed by atoms with Crippen LogP contribution in [0.4, 0.5) is 5.69 Å². The summed E-state index contributed by atoms with van der Waals surface area (Å²) in [6, 6.07) is 5.12. The van der Waals surface area contributed by atoms with Gasteiger partial charge in [-0.2, -0.15) is 0 Å². The van der Waals surface area contributed by atoms with Gasteiger partial charge in [0.2, 0.25) is 0 Å². The number of anilines is 1. The first-order chi connectivity index (χ1) is 7.99. The lowest BCUT2D eigenvalue weighted by Gasteiger charge is -2.23. The molecule has 0 saturated heterocycles. The Kier molecular flexibility index (Phi) is 2.75. The zero-order chi connectivity index (χ0) is 12.6. The van der Waals surface area contributed by atoms with Gasteiger partial charge in [-0.1, -0.05) is 0 Å². The molecule has 1 aromatic carbocycles. The molecule has 1 aromatic heterocycles. The van der Waals surface area contributed by atoms with Crippen LogP contribution in [0.15, 0.2) is 18.2 Å². The van der Waals surface area contributed by atoms with Gasteiger partial charge in [-0.05, 0) is 32.0 Å². The summed E-state index contributed by atoms with van der Waals surface area (Å²) in [5.74, 6) is 0.0134. The molecule has 5 nitrogen and oxygen atoms in total. The van der Waals surface area contributed by atoms with Crippen LogP contribution in [0.1, 0.15) is 12.7 Å². The zero-order valence-electron chi connectivity index (χ0n) is 10.1. The van der Waals surface area contributed by atoms with Gasteiger partial charge < -0.3 is 15.0 Å². The number of hydrogen-bond acceptors (Lipinski definition) is 3. The van der Waals surface area contributed by atoms with Gasteiger partial charge in [-0.3, -0.25) is 0 Å². The molecule has 0 radical (unpaired) electrons. The number of aromatic amines is 1. The van der Waals surface area contributed by atoms with Crippen LogP contribution in [0, 0.1) is 6.92 Å². The summed E-state index contributed by atoms with van der Waals surface area (Å²) in [4.78, 5) is 20.1. The van der Waals surface area contributed by atoms with Crippen LogP contribution < -0.4 is 4.90 Å². The predicted molar refractivity (Wildman–Crippen MR) is 66.3 cm³/mol. The minimum absolute atomic E-state index is 0.559. The highest BCUT2D eigenvalue weighted by Gasteiger charge is 2.17. The molecule has 0 aliphatic rings. The number of benzene rings is 1. The number of fused-ring (bicyclic) bond motifs is 1. The van der Waals surface area contributed by atoms with Crippen molar-refractivity contribution in [3.8, 4) is 0 Å². The second-order valence-electron chi connectivity index (χ2n) is 4.15. The average Bonchev–Trinajstić information content (AvgIpc) is 2.65. The Bertz CT molecular complexity index is 562. The number of carbonyl (C=O) groups is 1. The van der Waals surface area contributed by atoms with Crippen molar-refractivity contribution in [2.24, 2.45) is 0 Å². The fraction of sp³-hybridized carbons (Fsp3) is 0.333. The van der Waals surface area contributed by atoms with Gasteiger partial charge in [0.1, 0.15) is 11.9 Å². The van der Waals surface area contributed by atoms with Crippen LogP contribution in [-0.4, -0.2) is 34.1 Å². The van der Waals surface area contributed by atoms with Crippen molar-refractivity contribution in [2.75, 3.05) is 11.9 Å². The third-order valence-electron chi connectivity index (χ3n) is 2.93. The van der Waals surface area contributed by atoms with Crippen molar-refractivity contribution >= 4 is 22.7 Å². The molecule has 0 aliphatic heterocycles. The maximum Gasteiger partial charge on any atom is 0.326 e. The Labute approximate surface area is 99.1 Å². The number of nitrogens with one attached hydrogen (secondary N) is 1. The maximum absolute atomic E-state index is 10.9. The fourth-order valence-electron chi connectivity index (χ4n) is 1.73. The average molecular weight is 233 g/mol. The number of aliphatic carboxylic acids is 1. The van der Waals surface area contributed by atoms with Crippen LogP contribution in [0.2, 0.25) is 0 Å². The number of H-pyrrole nitrogens is 1. The number of likely N-dealkylation sites (N-methyl/N-ethyl adjacent to an activating group) is 1. The number of nitrogens with zero attached hydrogens (tertiary/aromatic N) is 2. The van der Waals surface area contributed by atoms with Crippen molar-refractivity contribution in [2.45, 2.75) is 19.9 Å². The molecule has 0 saturated carbocycles. The smallest absolute Gasteiger partial charge is 0.326 e. The van der Waals surface area contributed by atoms with Crippen LogP contribution in [0.5, 0.6) is 0 Å². The first kappa shape index (κ1) is 11.4. The van der Waals surface area contributed by atoms with Crippen molar-refractivity contribution in [3.63, 3.8) is 0 Å². The first-order valence-electron chi connectivity index (χ1n) is 5.41. The van der Waals surface area contributed by atoms with Gasteiger partial charge >= 0.3 is 5.97 Å². The molecule has 0 amide bonds. The molecule has 0 aliphatic carbocycles. The summed E-state index contributed by atoms with van der Waals surface area (Å²) in [5.41, 5.74) is 2.67. The van der Waals surface area contributed by atoms with E-state index in [0.717, 1.165) is 22.5 Å². The summed E-state index contributed by atoms with van der Waals surface area (Å²) < 4.78 is 0. The van der Waals surface area contributed by atoms with Crippen LogP contribution in [0.3, 0.4) is 0 Å². The summed E-state index contributed by atoms with van der Waals surface area (Å²) in [5, 5.41) is 8.97. The van der Waals surface area contributed by atoms with Gasteiger partial charge in [-0.25, -0.2) is 9.78 Å². The Morgan fingerprint density at radius 1 is 1.53 bits per heavy atom. The van der Waals surface area contributed by atoms with E-state index < -0.39 is 12.0 Å². The molecule has 0 bridgehead atoms. The van der Waals surface area contributed by atoms with Crippen LogP contribution in [-0.2, 0) is 4.79 Å². The Morgan fingerprint density at radius 2 is 2.24 bits per heavy atom. The van der Waals surface area contributed by atoms with E-state index in [-0.39, 0.29) is 0 Å². The van der Waals surface area contributed by atoms with Crippen LogP contribution in [0.25, 0.3) is 11.0 Å². The van der Waals surface area contributed by atoms with Gasteiger partial charge in [0.05, 0.1) is 11.0 Å². The zero-order valence-corrected chi connectivity index (χ0v) is 10.1. The third kappa shape index (κ3) is 2.08. The lowest BCUT2D eigenvalue weighted by atomic mass is 10.2. The number of rotatable bonds is 3. The second-order valence-corrected chi connectivity index (χ2v) is 4.15. The fourth-order valence-corrected chi connectivity index (χ4v) is 1.73. The Balaban J connectivity index is 2.38. The minimum Gasteiger partial charge on any atom is -0.480 e. The number of aromatic nitrogens is 2. The molecule has 1 unspecified atom stereocenters. The number of carboxylic acids is 1. The molecule has 1 heterocycles. The predicted octanol–water partition coefficient (Wildman–Crippen LogP) is 1.78. The molecule has 2 rings (SSSR count). The molecule has 0 fully saturated rings. The van der Waals surface area contributed by atoms with Crippen molar-refractivity contribution < 1.29 is 9.90 Å². The molecule has 5 heteroatoms. The standard InChI is InChI=1S/C12H15N3O2/c1-7(12(16)17)15(3)9-4-5-10-11(6-9)14-8(2)13-10/h4-7H,1-3H3,(H,13,14)(H,16,17). The van der Waals surface area contributed by atoms with Crippen LogP contribution >= 0.6 is 0 Å². The van der Waals surface area contributed by atoms with E-state index in [0.29, 0.717) is 0 Å². The number of hydrogen-bond donors (Lipinski definition) is 2. The Morgan fingerprint density at radius 3 is 2.88 bits per heavy atom. The van der Waals surface area contributed by atoms with E-state index >= 15 is 0 Å². The van der Waals surface area contributed by atoms with Gasteiger partial charge in [-0.15, -0.1) is 0 Å². The molecule has 2 N–H and O–H groups in total. The molecule has 1 atom stereocenters. The van der Waals surface area contributed by atoms with E-state index in [1.807, 2.05) is 25.1 Å². The molecular weight excluding hydrogens is 218 g/mol. The summed E-state index contributed by atoms with van der Waals surface area (Å²) in [7, 11) is 1.77. The van der Waals surface area contributed by atoms with Crippen molar-refractivity contribution in [1.29, 1.82) is 0 Å². The highest BCUT2D eigenvalue weighted by Crippen LogP contribution is 2.21. The van der Waals surface area contributed by atoms with Gasteiger partial charge in [0, 0.05) is 12.7 Å². The van der Waals surface area contributed by atoms with E-state index in [4.69, 9.17) is 5.11 Å². The molecular formula is C12H15N3O2. The van der Waals surface area contributed by atoms with Crippen molar-refractivity contribution in [3.05, 3.63) is 24.0 Å². The summed E-state index contributed by atoms with van der Waals surface area (Å²) in [6.07, 6.45) is 0. The lowest BCUT2D eigenvalue weighted by Crippen LogP contribution is -2.35. The topological polar surface area (TPSA) is 69.2 Å². The van der Waals surface area contributed by atoms with Crippen molar-refractivity contribution in [1.82, 2.24) is 9.97 Å².